The van der Waals surface area contributed by atoms with E-state index in [1.807, 2.05) is 0 Å². The summed E-state index contributed by atoms with van der Waals surface area (Å²) in [6.07, 6.45) is 4.35. The van der Waals surface area contributed by atoms with Crippen LogP contribution in [0.3, 0.4) is 0 Å². The molecule has 2 N–H and O–H groups in total. The number of aromatic nitrogens is 1. The van der Waals surface area contributed by atoms with Gasteiger partial charge in [0, 0.05) is 12.5 Å². The first-order chi connectivity index (χ1) is 8.22. The molecule has 0 bridgehead atoms. The maximum Gasteiger partial charge on any atom is 0.324 e. The zero-order chi connectivity index (χ0) is 12.5. The zero-order valence-electron chi connectivity index (χ0n) is 9.39. The van der Waals surface area contributed by atoms with Crippen molar-refractivity contribution in [3.05, 3.63) is 18.3 Å². The summed E-state index contributed by atoms with van der Waals surface area (Å²) in [5.41, 5.74) is 6.10. The lowest BCUT2D eigenvalue weighted by Gasteiger charge is -2.04. The Labute approximate surface area is 105 Å². The molecule has 0 aliphatic carbocycles. The highest BCUT2D eigenvalue weighted by atomic mass is 35.5. The van der Waals surface area contributed by atoms with E-state index in [1.54, 1.807) is 18.3 Å². The van der Waals surface area contributed by atoms with Gasteiger partial charge in [-0.25, -0.2) is 4.98 Å². The van der Waals surface area contributed by atoms with E-state index in [2.05, 4.69) is 9.27 Å². The lowest BCUT2D eigenvalue weighted by molar-refractivity contribution is -0.134. The lowest BCUT2D eigenvalue weighted by atomic mass is 10.2. The fourth-order valence-corrected chi connectivity index (χ4v) is 1.32. The summed E-state index contributed by atoms with van der Waals surface area (Å²) < 4.78 is 9.40. The first-order valence-electron chi connectivity index (χ1n) is 5.38. The summed E-state index contributed by atoms with van der Waals surface area (Å²) in [4.78, 5) is 14.7. The van der Waals surface area contributed by atoms with Crippen molar-refractivity contribution in [2.75, 3.05) is 12.3 Å². The Morgan fingerprint density at radius 3 is 2.82 bits per heavy atom. The number of carbonyl (C=O) groups excluding carboxylic acids is 1. The Kier molecular flexibility index (Phi) is 6.17. The van der Waals surface area contributed by atoms with Gasteiger partial charge in [-0.3, -0.25) is 4.79 Å². The van der Waals surface area contributed by atoms with Crippen molar-refractivity contribution in [2.24, 2.45) is 0 Å². The third-order valence-corrected chi connectivity index (χ3v) is 2.29. The van der Waals surface area contributed by atoms with Crippen LogP contribution >= 0.6 is 11.9 Å². The first kappa shape index (κ1) is 13.6. The molecule has 0 saturated carbocycles. The van der Waals surface area contributed by atoms with Gasteiger partial charge in [0.2, 0.25) is 5.88 Å². The third kappa shape index (κ3) is 5.97. The number of unbranched alkanes of at least 4 members (excludes halogenated alkanes) is 2. The molecule has 1 rings (SSSR count). The molecule has 0 atom stereocenters. The number of hydrogen-bond donors (Lipinski definition) is 1. The number of ether oxygens (including phenoxy) is 1. The molecule has 0 aliphatic heterocycles. The van der Waals surface area contributed by atoms with Crippen molar-refractivity contribution in [3.8, 4) is 5.88 Å². The standard InChI is InChI=1S/C11H15ClN2O3/c12-17-11(15)4-2-1-3-7-16-10-6-5-9(13)8-14-10/h5-6,8H,1-4,7,13H2. The highest BCUT2D eigenvalue weighted by Crippen LogP contribution is 2.09. The summed E-state index contributed by atoms with van der Waals surface area (Å²) in [6.45, 7) is 0.562. The van der Waals surface area contributed by atoms with Crippen molar-refractivity contribution in [1.82, 2.24) is 4.98 Å². The van der Waals surface area contributed by atoms with Gasteiger partial charge in [0.05, 0.1) is 18.5 Å². The Hall–Kier alpha value is -1.49. The normalized spacial score (nSPS) is 9.94. The van der Waals surface area contributed by atoms with E-state index in [4.69, 9.17) is 22.3 Å². The number of pyridine rings is 1. The summed E-state index contributed by atoms with van der Waals surface area (Å²) in [5, 5.41) is 0. The Morgan fingerprint density at radius 1 is 1.35 bits per heavy atom. The molecule has 0 spiro atoms. The number of carbonyl (C=O) groups is 1. The van der Waals surface area contributed by atoms with Gasteiger partial charge in [-0.1, -0.05) is 0 Å². The van der Waals surface area contributed by atoms with Gasteiger partial charge >= 0.3 is 5.97 Å². The van der Waals surface area contributed by atoms with Crippen LogP contribution in [0.25, 0.3) is 0 Å². The second-order valence-electron chi connectivity index (χ2n) is 3.54. The van der Waals surface area contributed by atoms with Crippen LogP contribution in [-0.2, 0) is 9.08 Å². The van der Waals surface area contributed by atoms with Crippen LogP contribution < -0.4 is 10.5 Å². The van der Waals surface area contributed by atoms with E-state index in [0.29, 0.717) is 24.6 Å². The average Bonchev–Trinajstić information content (AvgIpc) is 2.35. The fraction of sp³-hybridized carbons (Fsp3) is 0.455. The minimum atomic E-state index is -0.396. The van der Waals surface area contributed by atoms with Gasteiger partial charge in [-0.05, 0) is 25.3 Å². The molecule has 0 saturated heterocycles. The predicted octanol–water partition coefficient (Wildman–Crippen LogP) is 2.30. The second-order valence-corrected chi connectivity index (χ2v) is 3.69. The second kappa shape index (κ2) is 7.73. The maximum absolute atomic E-state index is 10.7. The SMILES string of the molecule is Nc1ccc(OCCCCCC(=O)OCl)nc1. The number of nitrogens with two attached hydrogens (primary N) is 1. The highest BCUT2D eigenvalue weighted by Gasteiger charge is 2.01. The topological polar surface area (TPSA) is 74.4 Å². The van der Waals surface area contributed by atoms with Gasteiger partial charge in [-0.15, -0.1) is 0 Å². The number of nitrogens with zero attached hydrogens (tertiary/aromatic N) is 1. The molecule has 0 unspecified atom stereocenters. The van der Waals surface area contributed by atoms with Gasteiger partial charge in [0.15, 0.2) is 0 Å². The third-order valence-electron chi connectivity index (χ3n) is 2.12. The van der Waals surface area contributed by atoms with Crippen molar-refractivity contribution in [1.29, 1.82) is 0 Å². The molecule has 94 valence electrons. The number of nitrogen functional groups attached to an aromatic ring is 1. The molecule has 0 radical (unpaired) electrons. The lowest BCUT2D eigenvalue weighted by Crippen LogP contribution is -2.01. The molecule has 17 heavy (non-hydrogen) atoms. The van der Waals surface area contributed by atoms with Crippen LogP contribution in [0.15, 0.2) is 18.3 Å². The quantitative estimate of drug-likeness (QED) is 0.760. The van der Waals surface area contributed by atoms with Crippen LogP contribution in [0, 0.1) is 0 Å². The molecule has 1 heterocycles. The van der Waals surface area contributed by atoms with Gasteiger partial charge in [0.25, 0.3) is 0 Å². The van der Waals surface area contributed by atoms with Crippen molar-refractivity contribution in [3.63, 3.8) is 0 Å². The Bertz CT molecular complexity index is 343. The Balaban J connectivity index is 2.04. The first-order valence-corrected chi connectivity index (χ1v) is 5.69. The molecule has 0 amide bonds. The van der Waals surface area contributed by atoms with E-state index in [1.165, 1.54) is 0 Å². The predicted molar refractivity (Wildman–Crippen MR) is 64.6 cm³/mol. The minimum Gasteiger partial charge on any atom is -0.478 e. The monoisotopic (exact) mass is 258 g/mol. The van der Waals surface area contributed by atoms with E-state index in [-0.39, 0.29) is 0 Å². The maximum atomic E-state index is 10.7. The van der Waals surface area contributed by atoms with Crippen LogP contribution in [-0.4, -0.2) is 17.6 Å². The number of anilines is 1. The van der Waals surface area contributed by atoms with Crippen LogP contribution in [0.4, 0.5) is 5.69 Å². The van der Waals surface area contributed by atoms with E-state index >= 15 is 0 Å². The summed E-state index contributed by atoms with van der Waals surface area (Å²) in [5.74, 6) is 0.159. The molecule has 1 aromatic rings. The fourth-order valence-electron chi connectivity index (χ4n) is 1.24. The number of rotatable bonds is 7. The van der Waals surface area contributed by atoms with Crippen molar-refractivity contribution < 1.29 is 13.8 Å². The molecule has 6 heteroatoms. The zero-order valence-corrected chi connectivity index (χ0v) is 10.2. The van der Waals surface area contributed by atoms with E-state index in [0.717, 1.165) is 19.3 Å². The van der Waals surface area contributed by atoms with Crippen molar-refractivity contribution >= 4 is 23.5 Å². The molecule has 0 fully saturated rings. The molecule has 5 nitrogen and oxygen atoms in total. The summed E-state index contributed by atoms with van der Waals surface area (Å²) in [6, 6.07) is 3.46. The number of halogens is 1. The van der Waals surface area contributed by atoms with Gasteiger partial charge < -0.3 is 14.8 Å². The minimum absolute atomic E-state index is 0.337. The van der Waals surface area contributed by atoms with Crippen LogP contribution in [0.2, 0.25) is 0 Å². The largest absolute Gasteiger partial charge is 0.478 e. The number of hydrogen-bond acceptors (Lipinski definition) is 5. The van der Waals surface area contributed by atoms with Gasteiger partial charge in [-0.2, -0.15) is 0 Å². The van der Waals surface area contributed by atoms with Crippen LogP contribution in [0.5, 0.6) is 5.88 Å². The Morgan fingerprint density at radius 2 is 2.18 bits per heavy atom. The van der Waals surface area contributed by atoms with Crippen LogP contribution in [0.1, 0.15) is 25.7 Å². The van der Waals surface area contributed by atoms with E-state index in [9.17, 15) is 4.79 Å². The smallest absolute Gasteiger partial charge is 0.324 e. The van der Waals surface area contributed by atoms with E-state index < -0.39 is 5.97 Å². The molecule has 0 aliphatic rings. The summed E-state index contributed by atoms with van der Waals surface area (Å²) in [7, 11) is 0. The van der Waals surface area contributed by atoms with Crippen molar-refractivity contribution in [2.45, 2.75) is 25.7 Å². The average molecular weight is 259 g/mol. The molecular weight excluding hydrogens is 244 g/mol. The molecule has 0 aromatic carbocycles. The summed E-state index contributed by atoms with van der Waals surface area (Å²) >= 11 is 4.89. The molecule has 1 aromatic heterocycles. The van der Waals surface area contributed by atoms with Gasteiger partial charge in [0.1, 0.15) is 11.9 Å². The highest BCUT2D eigenvalue weighted by molar-refractivity contribution is 6.13. The molecular formula is C11H15ClN2O3.